The van der Waals surface area contributed by atoms with Crippen LogP contribution < -0.4 is 4.74 Å². The summed E-state index contributed by atoms with van der Waals surface area (Å²) in [6, 6.07) is 14.0. The van der Waals surface area contributed by atoms with Crippen molar-refractivity contribution in [3.05, 3.63) is 54.1 Å². The summed E-state index contributed by atoms with van der Waals surface area (Å²) >= 11 is 0. The first-order chi connectivity index (χ1) is 8.70. The van der Waals surface area contributed by atoms with Crippen LogP contribution in [0.2, 0.25) is 0 Å². The van der Waals surface area contributed by atoms with Gasteiger partial charge >= 0.3 is 6.61 Å². The Morgan fingerprint density at radius 2 is 1.78 bits per heavy atom. The number of terminal acetylenes is 1. The molecule has 0 aliphatic carbocycles. The van der Waals surface area contributed by atoms with Crippen molar-refractivity contribution in [2.75, 3.05) is 0 Å². The van der Waals surface area contributed by atoms with Gasteiger partial charge in [0, 0.05) is 11.1 Å². The smallest absolute Gasteiger partial charge is 0.387 e. The van der Waals surface area contributed by atoms with E-state index in [1.54, 1.807) is 12.1 Å². The SMILES string of the molecule is C#Cc1ccc(-c2ccccc2)c(OC(F)F)c1. The Balaban J connectivity index is 2.50. The highest BCUT2D eigenvalue weighted by atomic mass is 19.3. The summed E-state index contributed by atoms with van der Waals surface area (Å²) < 4.78 is 29.3. The maximum Gasteiger partial charge on any atom is 0.387 e. The fourth-order valence-electron chi connectivity index (χ4n) is 1.66. The van der Waals surface area contributed by atoms with Gasteiger partial charge in [-0.25, -0.2) is 0 Å². The van der Waals surface area contributed by atoms with E-state index in [0.717, 1.165) is 5.56 Å². The molecule has 0 unspecified atom stereocenters. The number of halogens is 2. The lowest BCUT2D eigenvalue weighted by Crippen LogP contribution is -2.03. The van der Waals surface area contributed by atoms with Gasteiger partial charge < -0.3 is 4.74 Å². The van der Waals surface area contributed by atoms with Crippen LogP contribution in [0.4, 0.5) is 8.78 Å². The Labute approximate surface area is 104 Å². The molecule has 0 bridgehead atoms. The fraction of sp³-hybridized carbons (Fsp3) is 0.0667. The molecule has 3 heteroatoms. The van der Waals surface area contributed by atoms with Crippen LogP contribution >= 0.6 is 0 Å². The third-order valence-electron chi connectivity index (χ3n) is 2.45. The molecule has 18 heavy (non-hydrogen) atoms. The molecule has 0 heterocycles. The van der Waals surface area contributed by atoms with E-state index in [1.165, 1.54) is 6.07 Å². The Morgan fingerprint density at radius 1 is 1.06 bits per heavy atom. The second-order valence-electron chi connectivity index (χ2n) is 3.60. The molecule has 0 radical (unpaired) electrons. The fourth-order valence-corrected chi connectivity index (χ4v) is 1.66. The molecule has 2 aromatic carbocycles. The molecule has 90 valence electrons. The lowest BCUT2D eigenvalue weighted by Gasteiger charge is -2.11. The standard InChI is InChI=1S/C15H10F2O/c1-2-11-8-9-13(12-6-4-3-5-7-12)14(10-11)18-15(16)17/h1,3-10,15H. The summed E-state index contributed by atoms with van der Waals surface area (Å²) in [5.74, 6) is 2.48. The van der Waals surface area contributed by atoms with Gasteiger partial charge in [-0.05, 0) is 23.8 Å². The van der Waals surface area contributed by atoms with E-state index in [0.29, 0.717) is 11.1 Å². The van der Waals surface area contributed by atoms with Crippen LogP contribution in [0.5, 0.6) is 5.75 Å². The molecule has 0 N–H and O–H groups in total. The van der Waals surface area contributed by atoms with E-state index in [2.05, 4.69) is 10.7 Å². The van der Waals surface area contributed by atoms with Gasteiger partial charge in [-0.2, -0.15) is 8.78 Å². The second kappa shape index (κ2) is 5.33. The van der Waals surface area contributed by atoms with Crippen LogP contribution in [0, 0.1) is 12.3 Å². The van der Waals surface area contributed by atoms with Gasteiger partial charge in [-0.3, -0.25) is 0 Å². The zero-order valence-electron chi connectivity index (χ0n) is 9.44. The minimum atomic E-state index is -2.87. The van der Waals surface area contributed by atoms with E-state index < -0.39 is 6.61 Å². The Bertz CT molecular complexity index is 571. The predicted octanol–water partition coefficient (Wildman–Crippen LogP) is 3.94. The van der Waals surface area contributed by atoms with Gasteiger partial charge in [0.15, 0.2) is 0 Å². The average Bonchev–Trinajstić information content (AvgIpc) is 2.39. The van der Waals surface area contributed by atoms with Crippen LogP contribution in [0.1, 0.15) is 5.56 Å². The first kappa shape index (κ1) is 12.1. The van der Waals surface area contributed by atoms with Crippen LogP contribution in [0.25, 0.3) is 11.1 Å². The van der Waals surface area contributed by atoms with Crippen molar-refractivity contribution in [2.45, 2.75) is 6.61 Å². The zero-order chi connectivity index (χ0) is 13.0. The van der Waals surface area contributed by atoms with Crippen molar-refractivity contribution >= 4 is 0 Å². The highest BCUT2D eigenvalue weighted by Gasteiger charge is 2.11. The highest BCUT2D eigenvalue weighted by molar-refractivity contribution is 5.71. The van der Waals surface area contributed by atoms with E-state index in [1.807, 2.05) is 30.3 Å². The van der Waals surface area contributed by atoms with E-state index in [-0.39, 0.29) is 5.75 Å². The number of hydrogen-bond donors (Lipinski definition) is 0. The molecule has 0 aromatic heterocycles. The maximum absolute atomic E-state index is 12.4. The highest BCUT2D eigenvalue weighted by Crippen LogP contribution is 2.31. The first-order valence-electron chi connectivity index (χ1n) is 5.31. The second-order valence-corrected chi connectivity index (χ2v) is 3.60. The van der Waals surface area contributed by atoms with Crippen LogP contribution in [0.3, 0.4) is 0 Å². The number of ether oxygens (including phenoxy) is 1. The summed E-state index contributed by atoms with van der Waals surface area (Å²) in [5, 5.41) is 0. The van der Waals surface area contributed by atoms with Gasteiger partial charge in [0.2, 0.25) is 0 Å². The lowest BCUT2D eigenvalue weighted by molar-refractivity contribution is -0.0494. The van der Waals surface area contributed by atoms with Crippen molar-refractivity contribution in [1.29, 1.82) is 0 Å². The molecular formula is C15H10F2O. The first-order valence-corrected chi connectivity index (χ1v) is 5.31. The molecule has 0 saturated heterocycles. The lowest BCUT2D eigenvalue weighted by atomic mass is 10.0. The average molecular weight is 244 g/mol. The largest absolute Gasteiger partial charge is 0.434 e. The topological polar surface area (TPSA) is 9.23 Å². The summed E-state index contributed by atoms with van der Waals surface area (Å²) in [6.45, 7) is -2.87. The number of benzene rings is 2. The van der Waals surface area contributed by atoms with E-state index >= 15 is 0 Å². The Hall–Kier alpha value is -2.34. The molecule has 1 nitrogen and oxygen atoms in total. The summed E-state index contributed by atoms with van der Waals surface area (Å²) in [6.07, 6.45) is 5.25. The Morgan fingerprint density at radius 3 is 2.39 bits per heavy atom. The quantitative estimate of drug-likeness (QED) is 0.743. The third kappa shape index (κ3) is 2.67. The van der Waals surface area contributed by atoms with Crippen molar-refractivity contribution in [3.8, 4) is 29.2 Å². The predicted molar refractivity (Wildman–Crippen MR) is 66.4 cm³/mol. The van der Waals surface area contributed by atoms with Crippen LogP contribution in [-0.2, 0) is 0 Å². The van der Waals surface area contributed by atoms with Crippen molar-refractivity contribution < 1.29 is 13.5 Å². The number of rotatable bonds is 3. The van der Waals surface area contributed by atoms with Gasteiger partial charge in [-0.1, -0.05) is 36.3 Å². The maximum atomic E-state index is 12.4. The van der Waals surface area contributed by atoms with E-state index in [4.69, 9.17) is 6.42 Å². The molecule has 0 fully saturated rings. The van der Waals surface area contributed by atoms with Crippen LogP contribution in [-0.4, -0.2) is 6.61 Å². The molecular weight excluding hydrogens is 234 g/mol. The van der Waals surface area contributed by atoms with Crippen LogP contribution in [0.15, 0.2) is 48.5 Å². The summed E-state index contributed by atoms with van der Waals surface area (Å²) in [7, 11) is 0. The molecule has 0 aliphatic rings. The minimum absolute atomic E-state index is 0.0895. The number of alkyl halides is 2. The minimum Gasteiger partial charge on any atom is -0.434 e. The van der Waals surface area contributed by atoms with Crippen molar-refractivity contribution in [2.24, 2.45) is 0 Å². The van der Waals surface area contributed by atoms with E-state index in [9.17, 15) is 8.78 Å². The third-order valence-corrected chi connectivity index (χ3v) is 2.45. The zero-order valence-corrected chi connectivity index (χ0v) is 9.44. The molecule has 0 aliphatic heterocycles. The summed E-state index contributed by atoms with van der Waals surface area (Å²) in [5.41, 5.74) is 1.90. The van der Waals surface area contributed by atoms with Crippen molar-refractivity contribution in [3.63, 3.8) is 0 Å². The molecule has 0 saturated carbocycles. The summed E-state index contributed by atoms with van der Waals surface area (Å²) in [4.78, 5) is 0. The monoisotopic (exact) mass is 244 g/mol. The Kier molecular flexibility index (Phi) is 3.59. The molecule has 0 spiro atoms. The van der Waals surface area contributed by atoms with Gasteiger partial charge in [-0.15, -0.1) is 6.42 Å². The molecule has 2 rings (SSSR count). The van der Waals surface area contributed by atoms with Gasteiger partial charge in [0.05, 0.1) is 0 Å². The van der Waals surface area contributed by atoms with Gasteiger partial charge in [0.25, 0.3) is 0 Å². The molecule has 2 aromatic rings. The normalized spacial score (nSPS) is 10.1. The molecule has 0 amide bonds. The number of hydrogen-bond acceptors (Lipinski definition) is 1. The molecule has 0 atom stereocenters. The van der Waals surface area contributed by atoms with Gasteiger partial charge in [0.1, 0.15) is 5.75 Å². The van der Waals surface area contributed by atoms with Crippen molar-refractivity contribution in [1.82, 2.24) is 0 Å².